The molecule has 16 nitrogen and oxygen atoms in total. The highest BCUT2D eigenvalue weighted by atomic mass is 16.6. The van der Waals surface area contributed by atoms with E-state index in [0.717, 1.165) is 88.1 Å². The molecule has 0 amide bonds. The third-order valence-corrected chi connectivity index (χ3v) is 10.5. The van der Waals surface area contributed by atoms with Crippen LogP contribution in [0, 0.1) is 0 Å². The molecule has 0 aromatic heterocycles. The first-order valence-electron chi connectivity index (χ1n) is 20.3. The second-order valence-corrected chi connectivity index (χ2v) is 14.4. The Hall–Kier alpha value is -5.94. The summed E-state index contributed by atoms with van der Waals surface area (Å²) in [7, 11) is 12.9. The summed E-state index contributed by atoms with van der Waals surface area (Å²) < 4.78 is 53.8. The molecule has 16 heteroatoms. The molecule has 2 aliphatic rings. The third-order valence-electron chi connectivity index (χ3n) is 10.5. The van der Waals surface area contributed by atoms with Gasteiger partial charge < -0.3 is 47.4 Å². The zero-order valence-corrected chi connectivity index (χ0v) is 37.1. The van der Waals surface area contributed by atoms with Crippen molar-refractivity contribution in [2.75, 3.05) is 122 Å². The van der Waals surface area contributed by atoms with Crippen LogP contribution in [0.3, 0.4) is 0 Å². The van der Waals surface area contributed by atoms with E-state index >= 15 is 0 Å². The minimum absolute atomic E-state index is 0.261. The standard InChI is InChI=1S/2C23H30N2O6/c1-27-18-6-8-19(9-7-18)31-21(26)16-25-13-11-24(12-14-25)15-17-5-10-20(28-2)23(30-4)22(17)29-3;1-27-18-5-7-19(8-6-18)31-22(26)16-25-11-9-24(10-12-25)15-17-13-20(28-2)23(30-4)21(14-17)29-3/h5-10H,11-16H2,1-4H3;5-8,13-14H,9-12,15-16H2,1-4H3. The molecule has 336 valence electrons. The van der Waals surface area contributed by atoms with Crippen molar-refractivity contribution in [1.82, 2.24) is 19.6 Å². The van der Waals surface area contributed by atoms with Gasteiger partial charge in [-0.3, -0.25) is 29.2 Å². The van der Waals surface area contributed by atoms with E-state index in [9.17, 15) is 9.59 Å². The highest BCUT2D eigenvalue weighted by Gasteiger charge is 2.24. The second-order valence-electron chi connectivity index (χ2n) is 14.4. The monoisotopic (exact) mass is 860 g/mol. The second kappa shape index (κ2) is 23.9. The molecular weight excluding hydrogens is 801 g/mol. The molecule has 0 spiro atoms. The molecule has 4 aromatic carbocycles. The maximum Gasteiger partial charge on any atom is 0.325 e. The first kappa shape index (κ1) is 47.1. The maximum absolute atomic E-state index is 12.3. The Kier molecular flexibility index (Phi) is 18.2. The van der Waals surface area contributed by atoms with Crippen molar-refractivity contribution in [3.63, 3.8) is 0 Å². The number of methoxy groups -OCH3 is 8. The van der Waals surface area contributed by atoms with Crippen LogP contribution in [0.1, 0.15) is 11.1 Å². The number of hydrogen-bond acceptors (Lipinski definition) is 16. The van der Waals surface area contributed by atoms with Crippen molar-refractivity contribution in [3.8, 4) is 57.5 Å². The number of ether oxygens (including phenoxy) is 10. The molecule has 0 unspecified atom stereocenters. The summed E-state index contributed by atoms with van der Waals surface area (Å²) in [5.41, 5.74) is 2.12. The fourth-order valence-corrected chi connectivity index (χ4v) is 7.20. The lowest BCUT2D eigenvalue weighted by Gasteiger charge is -2.34. The maximum atomic E-state index is 12.3. The molecular formula is C46H60N4O12. The Morgan fingerprint density at radius 2 is 0.790 bits per heavy atom. The molecule has 2 aliphatic heterocycles. The summed E-state index contributed by atoms with van der Waals surface area (Å²) in [6.07, 6.45) is 0. The number of benzene rings is 4. The van der Waals surface area contributed by atoms with Gasteiger partial charge in [-0.25, -0.2) is 0 Å². The summed E-state index contributed by atoms with van der Waals surface area (Å²) in [4.78, 5) is 33.4. The van der Waals surface area contributed by atoms with Gasteiger partial charge in [-0.2, -0.15) is 0 Å². The van der Waals surface area contributed by atoms with Gasteiger partial charge in [-0.05, 0) is 72.3 Å². The third kappa shape index (κ3) is 13.3. The van der Waals surface area contributed by atoms with Crippen LogP contribution in [0.25, 0.3) is 0 Å². The van der Waals surface area contributed by atoms with Gasteiger partial charge in [-0.15, -0.1) is 0 Å². The Morgan fingerprint density at radius 3 is 1.18 bits per heavy atom. The number of hydrogen-bond donors (Lipinski definition) is 0. The van der Waals surface area contributed by atoms with Crippen molar-refractivity contribution < 1.29 is 57.0 Å². The predicted octanol–water partition coefficient (Wildman–Crippen LogP) is 4.89. The van der Waals surface area contributed by atoms with Gasteiger partial charge in [0.1, 0.15) is 23.0 Å². The van der Waals surface area contributed by atoms with Crippen molar-refractivity contribution >= 4 is 11.9 Å². The van der Waals surface area contributed by atoms with Crippen molar-refractivity contribution in [2.45, 2.75) is 13.1 Å². The van der Waals surface area contributed by atoms with Gasteiger partial charge in [0.25, 0.3) is 0 Å². The topological polar surface area (TPSA) is 139 Å². The molecule has 2 heterocycles. The van der Waals surface area contributed by atoms with Crippen LogP contribution in [-0.4, -0.2) is 154 Å². The van der Waals surface area contributed by atoms with Gasteiger partial charge in [0, 0.05) is 71.0 Å². The summed E-state index contributed by atoms with van der Waals surface area (Å²) in [6.45, 7) is 8.57. The molecule has 0 atom stereocenters. The molecule has 2 fully saturated rings. The molecule has 0 saturated carbocycles. The van der Waals surface area contributed by atoms with E-state index in [1.807, 2.05) is 24.3 Å². The molecule has 0 aliphatic carbocycles. The molecule has 4 aromatic rings. The highest BCUT2D eigenvalue weighted by Crippen LogP contribution is 2.41. The Labute approximate surface area is 364 Å². The van der Waals surface area contributed by atoms with Gasteiger partial charge in [0.15, 0.2) is 23.0 Å². The van der Waals surface area contributed by atoms with E-state index in [1.54, 1.807) is 105 Å². The average molecular weight is 861 g/mol. The number of nitrogens with zero attached hydrogens (tertiary/aromatic N) is 4. The van der Waals surface area contributed by atoms with E-state index in [0.29, 0.717) is 46.0 Å². The van der Waals surface area contributed by atoms with Crippen LogP contribution in [-0.2, 0) is 22.7 Å². The summed E-state index contributed by atoms with van der Waals surface area (Å²) in [5, 5.41) is 0. The first-order chi connectivity index (χ1) is 30.1. The minimum Gasteiger partial charge on any atom is -0.497 e. The molecule has 62 heavy (non-hydrogen) atoms. The van der Waals surface area contributed by atoms with E-state index in [-0.39, 0.29) is 25.0 Å². The summed E-state index contributed by atoms with van der Waals surface area (Å²) in [5.74, 6) is 5.78. The Balaban J connectivity index is 0.000000234. The lowest BCUT2D eigenvalue weighted by molar-refractivity contribution is -0.137. The summed E-state index contributed by atoms with van der Waals surface area (Å²) >= 11 is 0. The lowest BCUT2D eigenvalue weighted by atomic mass is 10.1. The molecule has 0 N–H and O–H groups in total. The van der Waals surface area contributed by atoms with Crippen LogP contribution < -0.4 is 47.4 Å². The van der Waals surface area contributed by atoms with E-state index in [4.69, 9.17) is 47.4 Å². The zero-order valence-electron chi connectivity index (χ0n) is 37.1. The van der Waals surface area contributed by atoms with Gasteiger partial charge in [0.2, 0.25) is 11.5 Å². The number of carbonyl (C=O) groups excluding carboxylic acids is 2. The average Bonchev–Trinajstić information content (AvgIpc) is 3.30. The zero-order chi connectivity index (χ0) is 44.4. The fourth-order valence-electron chi connectivity index (χ4n) is 7.20. The van der Waals surface area contributed by atoms with Crippen molar-refractivity contribution in [2.24, 2.45) is 0 Å². The van der Waals surface area contributed by atoms with Crippen LogP contribution in [0.2, 0.25) is 0 Å². The van der Waals surface area contributed by atoms with Crippen molar-refractivity contribution in [3.05, 3.63) is 83.9 Å². The van der Waals surface area contributed by atoms with E-state index in [2.05, 4.69) is 19.6 Å². The van der Waals surface area contributed by atoms with Crippen molar-refractivity contribution in [1.29, 1.82) is 0 Å². The quantitative estimate of drug-likeness (QED) is 0.0991. The summed E-state index contributed by atoms with van der Waals surface area (Å²) in [6, 6.07) is 21.8. The Bertz CT molecular complexity index is 1990. The van der Waals surface area contributed by atoms with Gasteiger partial charge in [-0.1, -0.05) is 6.07 Å². The van der Waals surface area contributed by atoms with Crippen LogP contribution >= 0.6 is 0 Å². The number of carbonyl (C=O) groups is 2. The van der Waals surface area contributed by atoms with Crippen LogP contribution in [0.15, 0.2) is 72.8 Å². The fraction of sp³-hybridized carbons (Fsp3) is 0.435. The smallest absolute Gasteiger partial charge is 0.325 e. The number of rotatable bonds is 18. The molecule has 2 saturated heterocycles. The van der Waals surface area contributed by atoms with Crippen LogP contribution in [0.4, 0.5) is 0 Å². The molecule has 0 radical (unpaired) electrons. The Morgan fingerprint density at radius 1 is 0.403 bits per heavy atom. The van der Waals surface area contributed by atoms with Gasteiger partial charge >= 0.3 is 11.9 Å². The van der Waals surface area contributed by atoms with E-state index in [1.165, 1.54) is 0 Å². The lowest BCUT2D eigenvalue weighted by Crippen LogP contribution is -2.48. The normalized spacial score (nSPS) is 14.7. The van der Waals surface area contributed by atoms with Crippen LogP contribution in [0.5, 0.6) is 57.5 Å². The largest absolute Gasteiger partial charge is 0.497 e. The highest BCUT2D eigenvalue weighted by molar-refractivity contribution is 5.75. The molecule has 0 bridgehead atoms. The molecule has 6 rings (SSSR count). The van der Waals surface area contributed by atoms with E-state index < -0.39 is 0 Å². The number of piperazine rings is 2. The minimum atomic E-state index is -0.264. The first-order valence-corrected chi connectivity index (χ1v) is 20.3. The SMILES string of the molecule is COc1ccc(OC(=O)CN2CCN(Cc3cc(OC)c(OC)c(OC)c3)CC2)cc1.COc1ccc(OC(=O)CN2CCN(Cc3ccc(OC)c(OC)c3OC)CC2)cc1. The van der Waals surface area contributed by atoms with Gasteiger partial charge in [0.05, 0.1) is 70.0 Å². The number of esters is 2. The predicted molar refractivity (Wildman–Crippen MR) is 233 cm³/mol.